The lowest BCUT2D eigenvalue weighted by molar-refractivity contribution is 0.173. The summed E-state index contributed by atoms with van der Waals surface area (Å²) >= 11 is 3.46. The average molecular weight is 336 g/mol. The van der Waals surface area contributed by atoms with Crippen LogP contribution in [0.5, 0.6) is 11.5 Å². The Morgan fingerprint density at radius 2 is 1.95 bits per heavy atom. The molecule has 3 rings (SSSR count). The molecular formula is C15H14BrNO3. The highest BCUT2D eigenvalue weighted by molar-refractivity contribution is 9.10. The van der Waals surface area contributed by atoms with Crippen LogP contribution in [0.1, 0.15) is 11.7 Å². The average Bonchev–Trinajstić information content (AvgIpc) is 2.93. The van der Waals surface area contributed by atoms with E-state index in [4.69, 9.17) is 9.47 Å². The Morgan fingerprint density at radius 1 is 1.15 bits per heavy atom. The van der Waals surface area contributed by atoms with Gasteiger partial charge in [-0.15, -0.1) is 0 Å². The predicted molar refractivity (Wildman–Crippen MR) is 80.2 cm³/mol. The second-order valence-electron chi connectivity index (χ2n) is 4.49. The Morgan fingerprint density at radius 3 is 2.80 bits per heavy atom. The predicted octanol–water partition coefficient (Wildman–Crippen LogP) is 3.32. The van der Waals surface area contributed by atoms with Gasteiger partial charge < -0.3 is 19.9 Å². The minimum atomic E-state index is -0.614. The molecule has 0 saturated heterocycles. The van der Waals surface area contributed by atoms with Crippen LogP contribution in [0.15, 0.2) is 46.9 Å². The van der Waals surface area contributed by atoms with Gasteiger partial charge in [-0.1, -0.05) is 18.2 Å². The van der Waals surface area contributed by atoms with Gasteiger partial charge in [-0.2, -0.15) is 0 Å². The molecule has 0 bridgehead atoms. The number of hydrogen-bond donors (Lipinski definition) is 2. The van der Waals surface area contributed by atoms with Crippen LogP contribution in [-0.4, -0.2) is 18.4 Å². The van der Waals surface area contributed by atoms with E-state index in [1.54, 1.807) is 0 Å². The van der Waals surface area contributed by atoms with Crippen LogP contribution in [0.25, 0.3) is 0 Å². The molecule has 0 amide bonds. The molecule has 1 atom stereocenters. The number of halogens is 1. The van der Waals surface area contributed by atoms with Crippen molar-refractivity contribution in [3.63, 3.8) is 0 Å². The van der Waals surface area contributed by atoms with Gasteiger partial charge in [0.1, 0.15) is 0 Å². The van der Waals surface area contributed by atoms with Crippen molar-refractivity contribution in [3.05, 3.63) is 52.5 Å². The van der Waals surface area contributed by atoms with Gasteiger partial charge in [0.2, 0.25) is 6.79 Å². The quantitative estimate of drug-likeness (QED) is 0.899. The number of anilines is 1. The van der Waals surface area contributed by atoms with Crippen molar-refractivity contribution in [3.8, 4) is 11.5 Å². The van der Waals surface area contributed by atoms with Gasteiger partial charge in [0.05, 0.1) is 6.10 Å². The molecule has 2 aromatic rings. The first kappa shape index (κ1) is 13.3. The lowest BCUT2D eigenvalue weighted by Crippen LogP contribution is -2.12. The fourth-order valence-electron chi connectivity index (χ4n) is 2.05. The maximum absolute atomic E-state index is 10.2. The SMILES string of the molecule is OC(CNc1ccccc1Br)c1ccc2c(c1)OCO2. The maximum atomic E-state index is 10.2. The third-order valence-corrected chi connectivity index (χ3v) is 3.83. The molecule has 1 unspecified atom stereocenters. The number of aliphatic hydroxyl groups is 1. The minimum Gasteiger partial charge on any atom is -0.454 e. The smallest absolute Gasteiger partial charge is 0.231 e. The summed E-state index contributed by atoms with van der Waals surface area (Å²) in [6, 6.07) is 13.3. The van der Waals surface area contributed by atoms with Crippen molar-refractivity contribution in [1.82, 2.24) is 0 Å². The molecule has 1 heterocycles. The van der Waals surface area contributed by atoms with E-state index >= 15 is 0 Å². The molecular weight excluding hydrogens is 322 g/mol. The Kier molecular flexibility index (Phi) is 3.80. The topological polar surface area (TPSA) is 50.7 Å². The summed E-state index contributed by atoms with van der Waals surface area (Å²) in [6.45, 7) is 0.659. The van der Waals surface area contributed by atoms with Crippen molar-refractivity contribution < 1.29 is 14.6 Å². The molecule has 1 aliphatic rings. The zero-order valence-corrected chi connectivity index (χ0v) is 12.3. The number of fused-ring (bicyclic) bond motifs is 1. The monoisotopic (exact) mass is 335 g/mol. The molecule has 0 fully saturated rings. The minimum absolute atomic E-state index is 0.240. The maximum Gasteiger partial charge on any atom is 0.231 e. The Labute approximate surface area is 125 Å². The first-order chi connectivity index (χ1) is 9.74. The summed E-state index contributed by atoms with van der Waals surface area (Å²) in [5.74, 6) is 1.40. The van der Waals surface area contributed by atoms with Crippen molar-refractivity contribution in [2.24, 2.45) is 0 Å². The second kappa shape index (κ2) is 5.73. The van der Waals surface area contributed by atoms with Crippen molar-refractivity contribution in [2.45, 2.75) is 6.10 Å². The van der Waals surface area contributed by atoms with E-state index in [9.17, 15) is 5.11 Å². The number of nitrogens with one attached hydrogen (secondary N) is 1. The largest absolute Gasteiger partial charge is 0.454 e. The van der Waals surface area contributed by atoms with Crippen molar-refractivity contribution in [1.29, 1.82) is 0 Å². The van der Waals surface area contributed by atoms with Crippen LogP contribution >= 0.6 is 15.9 Å². The summed E-state index contributed by atoms with van der Waals surface area (Å²) in [4.78, 5) is 0. The van der Waals surface area contributed by atoms with E-state index in [0.29, 0.717) is 12.3 Å². The normalized spacial score (nSPS) is 14.1. The van der Waals surface area contributed by atoms with Gasteiger partial charge in [-0.3, -0.25) is 0 Å². The van der Waals surface area contributed by atoms with E-state index in [1.807, 2.05) is 42.5 Å². The zero-order valence-electron chi connectivity index (χ0n) is 10.7. The van der Waals surface area contributed by atoms with Gasteiger partial charge in [-0.05, 0) is 45.8 Å². The Hall–Kier alpha value is -1.72. The molecule has 0 radical (unpaired) electrons. The van der Waals surface area contributed by atoms with Gasteiger partial charge >= 0.3 is 0 Å². The number of rotatable bonds is 4. The van der Waals surface area contributed by atoms with Crippen LogP contribution in [0, 0.1) is 0 Å². The first-order valence-corrected chi connectivity index (χ1v) is 7.09. The van der Waals surface area contributed by atoms with E-state index in [0.717, 1.165) is 21.5 Å². The molecule has 2 aromatic carbocycles. The van der Waals surface area contributed by atoms with Gasteiger partial charge in [0, 0.05) is 16.7 Å². The molecule has 4 nitrogen and oxygen atoms in total. The molecule has 0 aliphatic carbocycles. The zero-order chi connectivity index (χ0) is 13.9. The Bertz CT molecular complexity index is 618. The third kappa shape index (κ3) is 2.73. The van der Waals surface area contributed by atoms with Gasteiger partial charge in [-0.25, -0.2) is 0 Å². The first-order valence-electron chi connectivity index (χ1n) is 6.30. The highest BCUT2D eigenvalue weighted by Gasteiger charge is 2.16. The van der Waals surface area contributed by atoms with Gasteiger partial charge in [0.15, 0.2) is 11.5 Å². The van der Waals surface area contributed by atoms with E-state index in [2.05, 4.69) is 21.2 Å². The number of ether oxygens (including phenoxy) is 2. The second-order valence-corrected chi connectivity index (χ2v) is 5.34. The molecule has 104 valence electrons. The van der Waals surface area contributed by atoms with Crippen LogP contribution in [0.2, 0.25) is 0 Å². The number of benzene rings is 2. The molecule has 2 N–H and O–H groups in total. The summed E-state index contributed by atoms with van der Waals surface area (Å²) < 4.78 is 11.5. The van der Waals surface area contributed by atoms with E-state index < -0.39 is 6.10 Å². The highest BCUT2D eigenvalue weighted by atomic mass is 79.9. The molecule has 1 aliphatic heterocycles. The Balaban J connectivity index is 1.67. The number of hydrogen-bond acceptors (Lipinski definition) is 4. The lowest BCUT2D eigenvalue weighted by Gasteiger charge is -2.14. The summed E-state index contributed by atoms with van der Waals surface area (Å²) in [5, 5.41) is 13.4. The molecule has 0 aromatic heterocycles. The van der Waals surface area contributed by atoms with Crippen molar-refractivity contribution in [2.75, 3.05) is 18.7 Å². The van der Waals surface area contributed by atoms with Gasteiger partial charge in [0.25, 0.3) is 0 Å². The van der Waals surface area contributed by atoms with Crippen LogP contribution in [-0.2, 0) is 0 Å². The number of para-hydroxylation sites is 1. The van der Waals surface area contributed by atoms with Crippen LogP contribution in [0.3, 0.4) is 0 Å². The van der Waals surface area contributed by atoms with E-state index in [-0.39, 0.29) is 6.79 Å². The number of aliphatic hydroxyl groups excluding tert-OH is 1. The molecule has 0 spiro atoms. The highest BCUT2D eigenvalue weighted by Crippen LogP contribution is 2.34. The molecule has 0 saturated carbocycles. The fourth-order valence-corrected chi connectivity index (χ4v) is 2.47. The summed E-state index contributed by atoms with van der Waals surface area (Å²) in [5.41, 5.74) is 1.75. The van der Waals surface area contributed by atoms with Crippen molar-refractivity contribution >= 4 is 21.6 Å². The third-order valence-electron chi connectivity index (χ3n) is 3.14. The fraction of sp³-hybridized carbons (Fsp3) is 0.200. The molecule has 20 heavy (non-hydrogen) atoms. The van der Waals surface area contributed by atoms with Crippen LogP contribution < -0.4 is 14.8 Å². The van der Waals surface area contributed by atoms with E-state index in [1.165, 1.54) is 0 Å². The summed E-state index contributed by atoms with van der Waals surface area (Å²) in [7, 11) is 0. The lowest BCUT2D eigenvalue weighted by atomic mass is 10.1. The van der Waals surface area contributed by atoms with Crippen LogP contribution in [0.4, 0.5) is 5.69 Å². The molecule has 5 heteroatoms. The standard InChI is InChI=1S/C15H14BrNO3/c16-11-3-1-2-4-12(11)17-8-13(18)10-5-6-14-15(7-10)20-9-19-14/h1-7,13,17-18H,8-9H2. The summed E-state index contributed by atoms with van der Waals surface area (Å²) in [6.07, 6.45) is -0.614.